The van der Waals surface area contributed by atoms with Crippen molar-refractivity contribution in [2.75, 3.05) is 20.8 Å². The average Bonchev–Trinajstić information content (AvgIpc) is 2.84. The number of carbonyl (C=O) groups is 1. The van der Waals surface area contributed by atoms with Crippen LogP contribution in [0.15, 0.2) is 76.1 Å². The number of aryl methyl sites for hydroxylation is 1. The molecule has 0 spiro atoms. The molecule has 0 fully saturated rings. The molecule has 0 aromatic heterocycles. The van der Waals surface area contributed by atoms with E-state index in [2.05, 4.69) is 21.2 Å². The van der Waals surface area contributed by atoms with Crippen LogP contribution in [0.2, 0.25) is 0 Å². The van der Waals surface area contributed by atoms with Crippen molar-refractivity contribution in [1.29, 1.82) is 0 Å². The van der Waals surface area contributed by atoms with Gasteiger partial charge in [0.1, 0.15) is 0 Å². The molecular weight excluding hydrogens is 532 g/mol. The molecule has 1 atom stereocenters. The standard InChI is InChI=1S/C26H29BrN2O5S/c1-18-5-7-20(8-6-18)16-29(35(31,32)23-12-10-22(27)11-13-23)17-26(30)28-19(2)21-9-14-24(33-3)25(15-21)34-4/h5-15,19H,16-17H2,1-4H3,(H,28,30)/t19-/m1/s1. The molecule has 3 aromatic carbocycles. The second-order valence-corrected chi connectivity index (χ2v) is 11.0. The third kappa shape index (κ3) is 6.84. The Bertz CT molecular complexity index is 1260. The van der Waals surface area contributed by atoms with E-state index in [-0.39, 0.29) is 24.0 Å². The van der Waals surface area contributed by atoms with E-state index in [1.807, 2.05) is 44.2 Å². The van der Waals surface area contributed by atoms with Gasteiger partial charge in [-0.2, -0.15) is 4.31 Å². The van der Waals surface area contributed by atoms with E-state index >= 15 is 0 Å². The van der Waals surface area contributed by atoms with Crippen molar-refractivity contribution in [1.82, 2.24) is 9.62 Å². The van der Waals surface area contributed by atoms with Crippen LogP contribution in [0.4, 0.5) is 0 Å². The first-order valence-corrected chi connectivity index (χ1v) is 13.2. The molecule has 0 aliphatic heterocycles. The monoisotopic (exact) mass is 560 g/mol. The van der Waals surface area contributed by atoms with Gasteiger partial charge in [0.05, 0.1) is 31.7 Å². The zero-order valence-corrected chi connectivity index (χ0v) is 22.5. The number of halogens is 1. The predicted octanol–water partition coefficient (Wildman–Crippen LogP) is 4.84. The van der Waals surface area contributed by atoms with Crippen LogP contribution in [0.3, 0.4) is 0 Å². The fraction of sp³-hybridized carbons (Fsp3) is 0.269. The van der Waals surface area contributed by atoms with E-state index in [1.54, 1.807) is 38.5 Å². The van der Waals surface area contributed by atoms with Crippen molar-refractivity contribution in [2.45, 2.75) is 31.3 Å². The van der Waals surface area contributed by atoms with Gasteiger partial charge in [-0.15, -0.1) is 0 Å². The maximum Gasteiger partial charge on any atom is 0.243 e. The molecule has 1 N–H and O–H groups in total. The maximum atomic E-state index is 13.5. The van der Waals surface area contributed by atoms with E-state index in [0.717, 1.165) is 21.2 Å². The lowest BCUT2D eigenvalue weighted by atomic mass is 10.1. The van der Waals surface area contributed by atoms with Gasteiger partial charge in [0.2, 0.25) is 15.9 Å². The van der Waals surface area contributed by atoms with Crippen LogP contribution in [-0.2, 0) is 21.4 Å². The van der Waals surface area contributed by atoms with E-state index < -0.39 is 15.9 Å². The number of amides is 1. The first-order valence-electron chi connectivity index (χ1n) is 11.0. The summed E-state index contributed by atoms with van der Waals surface area (Å²) in [5.41, 5.74) is 2.66. The number of sulfonamides is 1. The zero-order valence-electron chi connectivity index (χ0n) is 20.1. The van der Waals surface area contributed by atoms with Crippen molar-refractivity contribution in [2.24, 2.45) is 0 Å². The van der Waals surface area contributed by atoms with Gasteiger partial charge < -0.3 is 14.8 Å². The Morgan fingerprint density at radius 1 is 0.971 bits per heavy atom. The highest BCUT2D eigenvalue weighted by Crippen LogP contribution is 2.30. The number of benzene rings is 3. The molecular formula is C26H29BrN2O5S. The number of ether oxygens (including phenoxy) is 2. The van der Waals surface area contributed by atoms with Crippen LogP contribution >= 0.6 is 15.9 Å². The molecule has 186 valence electrons. The summed E-state index contributed by atoms with van der Waals surface area (Å²) in [5.74, 6) is 0.713. The van der Waals surface area contributed by atoms with Crippen molar-refractivity contribution in [3.05, 3.63) is 87.9 Å². The normalized spacial score (nSPS) is 12.3. The van der Waals surface area contributed by atoms with E-state index in [9.17, 15) is 13.2 Å². The molecule has 9 heteroatoms. The Morgan fingerprint density at radius 2 is 1.60 bits per heavy atom. The molecule has 0 saturated heterocycles. The zero-order chi connectivity index (χ0) is 25.6. The maximum absolute atomic E-state index is 13.5. The minimum Gasteiger partial charge on any atom is -0.493 e. The van der Waals surface area contributed by atoms with Gasteiger partial charge in [-0.05, 0) is 61.4 Å². The lowest BCUT2D eigenvalue weighted by Gasteiger charge is -2.23. The summed E-state index contributed by atoms with van der Waals surface area (Å²) < 4.78 is 39.5. The summed E-state index contributed by atoms with van der Waals surface area (Å²) in [6.45, 7) is 3.52. The van der Waals surface area contributed by atoms with E-state index in [1.165, 1.54) is 16.4 Å². The van der Waals surface area contributed by atoms with Crippen molar-refractivity contribution in [3.63, 3.8) is 0 Å². The first-order chi connectivity index (χ1) is 16.6. The van der Waals surface area contributed by atoms with Gasteiger partial charge >= 0.3 is 0 Å². The number of rotatable bonds is 10. The predicted molar refractivity (Wildman–Crippen MR) is 139 cm³/mol. The van der Waals surface area contributed by atoms with Gasteiger partial charge in [-0.3, -0.25) is 4.79 Å². The Morgan fingerprint density at radius 3 is 2.20 bits per heavy atom. The molecule has 0 bridgehead atoms. The van der Waals surface area contributed by atoms with Gasteiger partial charge in [0, 0.05) is 11.0 Å². The number of nitrogens with zero attached hydrogens (tertiary/aromatic N) is 1. The summed E-state index contributed by atoms with van der Waals surface area (Å²) in [4.78, 5) is 13.1. The van der Waals surface area contributed by atoms with Crippen molar-refractivity contribution in [3.8, 4) is 11.5 Å². The molecule has 3 rings (SSSR count). The molecule has 0 aliphatic carbocycles. The third-order valence-corrected chi connectivity index (χ3v) is 7.87. The van der Waals surface area contributed by atoms with Crippen molar-refractivity contribution >= 4 is 31.9 Å². The Labute approximate surface area is 215 Å². The summed E-state index contributed by atoms with van der Waals surface area (Å²) in [5, 5.41) is 2.89. The lowest BCUT2D eigenvalue weighted by molar-refractivity contribution is -0.122. The number of hydrogen-bond donors (Lipinski definition) is 1. The highest BCUT2D eigenvalue weighted by atomic mass is 79.9. The minimum absolute atomic E-state index is 0.0663. The molecule has 0 unspecified atom stereocenters. The summed E-state index contributed by atoms with van der Waals surface area (Å²) >= 11 is 3.33. The van der Waals surface area contributed by atoms with Crippen LogP contribution in [0, 0.1) is 6.92 Å². The van der Waals surface area contributed by atoms with E-state index in [4.69, 9.17) is 9.47 Å². The van der Waals surface area contributed by atoms with Gasteiger partial charge in [0.25, 0.3) is 0 Å². The second-order valence-electron chi connectivity index (χ2n) is 8.12. The van der Waals surface area contributed by atoms with Crippen LogP contribution < -0.4 is 14.8 Å². The molecule has 0 heterocycles. The van der Waals surface area contributed by atoms with E-state index in [0.29, 0.717) is 11.5 Å². The quantitative estimate of drug-likeness (QED) is 0.383. The van der Waals surface area contributed by atoms with Gasteiger partial charge in [-0.1, -0.05) is 51.8 Å². The average molecular weight is 561 g/mol. The Hall–Kier alpha value is -2.88. The smallest absolute Gasteiger partial charge is 0.243 e. The number of methoxy groups -OCH3 is 2. The van der Waals surface area contributed by atoms with Crippen LogP contribution in [-0.4, -0.2) is 39.4 Å². The second kappa shape index (κ2) is 11.7. The molecule has 7 nitrogen and oxygen atoms in total. The molecule has 1 amide bonds. The number of nitrogens with one attached hydrogen (secondary N) is 1. The fourth-order valence-electron chi connectivity index (χ4n) is 3.53. The molecule has 0 radical (unpaired) electrons. The number of hydrogen-bond acceptors (Lipinski definition) is 5. The SMILES string of the molecule is COc1ccc([C@@H](C)NC(=O)CN(Cc2ccc(C)cc2)S(=O)(=O)c2ccc(Br)cc2)cc1OC. The Balaban J connectivity index is 1.83. The highest BCUT2D eigenvalue weighted by Gasteiger charge is 2.27. The summed E-state index contributed by atoms with van der Waals surface area (Å²) in [6, 6.07) is 18.9. The largest absolute Gasteiger partial charge is 0.493 e. The van der Waals surface area contributed by atoms with Gasteiger partial charge in [0.15, 0.2) is 11.5 Å². The third-order valence-electron chi connectivity index (χ3n) is 5.54. The molecule has 3 aromatic rings. The highest BCUT2D eigenvalue weighted by molar-refractivity contribution is 9.10. The fourth-order valence-corrected chi connectivity index (χ4v) is 5.18. The topological polar surface area (TPSA) is 84.9 Å². The molecule has 0 aliphatic rings. The number of carbonyl (C=O) groups excluding carboxylic acids is 1. The minimum atomic E-state index is -3.93. The van der Waals surface area contributed by atoms with Crippen LogP contribution in [0.25, 0.3) is 0 Å². The summed E-state index contributed by atoms with van der Waals surface area (Å²) in [7, 11) is -0.831. The first kappa shape index (κ1) is 26.7. The van der Waals surface area contributed by atoms with Gasteiger partial charge in [-0.25, -0.2) is 8.42 Å². The summed E-state index contributed by atoms with van der Waals surface area (Å²) in [6.07, 6.45) is 0. The molecule has 0 saturated carbocycles. The van der Waals surface area contributed by atoms with Crippen molar-refractivity contribution < 1.29 is 22.7 Å². The Kier molecular flexibility index (Phi) is 8.93. The van der Waals surface area contributed by atoms with Crippen LogP contribution in [0.5, 0.6) is 11.5 Å². The lowest BCUT2D eigenvalue weighted by Crippen LogP contribution is -2.41. The van der Waals surface area contributed by atoms with Crippen LogP contribution in [0.1, 0.15) is 29.7 Å². The molecule has 35 heavy (non-hydrogen) atoms.